The van der Waals surface area contributed by atoms with Gasteiger partial charge in [-0.15, -0.1) is 0 Å². The minimum Gasteiger partial charge on any atom is -0.391 e. The van der Waals surface area contributed by atoms with Gasteiger partial charge in [-0.3, -0.25) is 9.89 Å². The highest BCUT2D eigenvalue weighted by molar-refractivity contribution is 5.88. The Kier molecular flexibility index (Phi) is 5.36. The van der Waals surface area contributed by atoms with Crippen molar-refractivity contribution in [3.63, 3.8) is 0 Å². The van der Waals surface area contributed by atoms with E-state index in [1.165, 1.54) is 11.1 Å². The van der Waals surface area contributed by atoms with Gasteiger partial charge in [-0.1, -0.05) is 29.8 Å². The molecular weight excluding hydrogens is 390 g/mol. The van der Waals surface area contributed by atoms with E-state index in [0.717, 1.165) is 49.1 Å². The van der Waals surface area contributed by atoms with E-state index in [-0.39, 0.29) is 11.9 Å². The van der Waals surface area contributed by atoms with Gasteiger partial charge in [0.2, 0.25) is 5.91 Å². The second kappa shape index (κ2) is 8.30. The van der Waals surface area contributed by atoms with E-state index in [2.05, 4.69) is 56.6 Å². The Morgan fingerprint density at radius 3 is 2.77 bits per heavy atom. The quantitative estimate of drug-likeness (QED) is 0.591. The summed E-state index contributed by atoms with van der Waals surface area (Å²) in [4.78, 5) is 19.3. The third-order valence-corrected chi connectivity index (χ3v) is 6.92. The summed E-state index contributed by atoms with van der Waals surface area (Å²) in [5.74, 6) is 0.916. The molecule has 3 N–H and O–H groups in total. The monoisotopic (exact) mass is 419 g/mol. The van der Waals surface area contributed by atoms with Crippen LogP contribution in [0.3, 0.4) is 0 Å². The van der Waals surface area contributed by atoms with Gasteiger partial charge in [0.15, 0.2) is 5.65 Å². The number of H-pyrrole nitrogens is 1. The molecule has 1 amide bonds. The van der Waals surface area contributed by atoms with Crippen molar-refractivity contribution in [1.29, 1.82) is 0 Å². The second-order valence-electron chi connectivity index (χ2n) is 9.09. The van der Waals surface area contributed by atoms with Crippen molar-refractivity contribution in [2.24, 2.45) is 11.8 Å². The second-order valence-corrected chi connectivity index (χ2v) is 9.09. The van der Waals surface area contributed by atoms with Gasteiger partial charge in [0, 0.05) is 25.7 Å². The molecule has 2 fully saturated rings. The van der Waals surface area contributed by atoms with E-state index in [0.29, 0.717) is 18.3 Å². The van der Waals surface area contributed by atoms with Gasteiger partial charge in [0.1, 0.15) is 0 Å². The van der Waals surface area contributed by atoms with Crippen LogP contribution >= 0.6 is 0 Å². The number of carbonyl (C=O) groups is 1. The molecule has 0 spiro atoms. The number of aromatic amines is 1. The number of aromatic nitrogens is 3. The minimum absolute atomic E-state index is 0.0205. The van der Waals surface area contributed by atoms with Crippen LogP contribution in [0, 0.1) is 18.8 Å². The fourth-order valence-electron chi connectivity index (χ4n) is 5.19. The summed E-state index contributed by atoms with van der Waals surface area (Å²) in [6.45, 7) is 3.91. The van der Waals surface area contributed by atoms with Crippen LogP contribution in [0.4, 0.5) is 5.69 Å². The van der Waals surface area contributed by atoms with Crippen molar-refractivity contribution in [2.75, 3.05) is 18.0 Å². The van der Waals surface area contributed by atoms with Crippen molar-refractivity contribution < 1.29 is 9.90 Å². The number of nitrogens with zero attached hydrogens (tertiary/aromatic N) is 3. The number of pyridine rings is 1. The van der Waals surface area contributed by atoms with Crippen LogP contribution in [0.1, 0.15) is 30.4 Å². The number of carbonyl (C=O) groups excluding carboxylic acids is 1. The third-order valence-electron chi connectivity index (χ3n) is 6.92. The molecule has 1 aliphatic heterocycles. The Hall–Kier alpha value is -2.93. The Morgan fingerprint density at radius 2 is 1.97 bits per heavy atom. The zero-order chi connectivity index (χ0) is 21.4. The first-order chi connectivity index (χ1) is 15.1. The molecule has 5 rings (SSSR count). The number of fused-ring (bicyclic) bond motifs is 2. The lowest BCUT2D eigenvalue weighted by Gasteiger charge is -2.35. The largest absolute Gasteiger partial charge is 0.391 e. The number of aliphatic hydroxyl groups is 1. The molecule has 3 heterocycles. The van der Waals surface area contributed by atoms with Gasteiger partial charge in [-0.25, -0.2) is 4.98 Å². The minimum atomic E-state index is -0.490. The van der Waals surface area contributed by atoms with Crippen LogP contribution in [-0.4, -0.2) is 51.4 Å². The molecule has 31 heavy (non-hydrogen) atoms. The lowest BCUT2D eigenvalue weighted by Crippen LogP contribution is -2.49. The number of hydrogen-bond acceptors (Lipinski definition) is 5. The first kappa shape index (κ1) is 20.0. The van der Waals surface area contributed by atoms with E-state index in [9.17, 15) is 9.90 Å². The highest BCUT2D eigenvalue weighted by atomic mass is 16.3. The molecule has 0 unspecified atom stereocenters. The maximum atomic E-state index is 12.5. The van der Waals surface area contributed by atoms with Gasteiger partial charge in [0.05, 0.1) is 29.4 Å². The maximum Gasteiger partial charge on any atom is 0.220 e. The molecule has 0 radical (unpaired) electrons. The van der Waals surface area contributed by atoms with Crippen LogP contribution in [0.25, 0.3) is 11.0 Å². The zero-order valence-electron chi connectivity index (χ0n) is 17.8. The Morgan fingerprint density at radius 1 is 1.19 bits per heavy atom. The summed E-state index contributed by atoms with van der Waals surface area (Å²) < 4.78 is 0. The summed E-state index contributed by atoms with van der Waals surface area (Å²) >= 11 is 0. The first-order valence-electron chi connectivity index (χ1n) is 11.1. The van der Waals surface area contributed by atoms with Crippen molar-refractivity contribution in [2.45, 2.75) is 44.8 Å². The molecule has 1 saturated heterocycles. The lowest BCUT2D eigenvalue weighted by molar-refractivity contribution is -0.123. The standard InChI is InChI=1S/C24H29N5O2/c1-15-2-4-16(5-3-15)6-7-23(31)27-20-10-17-13-29(14-18(17)11-22(20)30)21-8-9-25-24-19(21)12-26-28-24/h2-5,8-9,12,17-18,20,22,30H,6-7,10-11,13-14H2,1H3,(H,27,31)(H,25,26,28)/t17-,18+,20-,22-/m0/s1. The lowest BCUT2D eigenvalue weighted by atomic mass is 9.77. The number of aryl methyl sites for hydroxylation is 2. The number of rotatable bonds is 5. The van der Waals surface area contributed by atoms with Gasteiger partial charge >= 0.3 is 0 Å². The van der Waals surface area contributed by atoms with Crippen molar-refractivity contribution >= 4 is 22.6 Å². The number of anilines is 1. The van der Waals surface area contributed by atoms with Crippen molar-refractivity contribution in [1.82, 2.24) is 20.5 Å². The Labute approximate surface area is 181 Å². The number of aliphatic hydroxyl groups excluding tert-OH is 1. The van der Waals surface area contributed by atoms with Crippen LogP contribution in [0.2, 0.25) is 0 Å². The molecule has 2 aromatic heterocycles. The number of benzene rings is 1. The predicted octanol–water partition coefficient (Wildman–Crippen LogP) is 2.59. The molecule has 7 nitrogen and oxygen atoms in total. The fourth-order valence-corrected chi connectivity index (χ4v) is 5.19. The van der Waals surface area contributed by atoms with E-state index in [1.54, 1.807) is 0 Å². The summed E-state index contributed by atoms with van der Waals surface area (Å²) in [6, 6.07) is 10.2. The Bertz CT molecular complexity index is 1060. The fraction of sp³-hybridized carbons (Fsp3) is 0.458. The number of nitrogens with one attached hydrogen (secondary N) is 2. The molecule has 1 saturated carbocycles. The topological polar surface area (TPSA) is 94.1 Å². The van der Waals surface area contributed by atoms with Crippen LogP contribution in [0.5, 0.6) is 0 Å². The number of amides is 1. The van der Waals surface area contributed by atoms with Crippen molar-refractivity contribution in [3.05, 3.63) is 53.9 Å². The van der Waals surface area contributed by atoms with Gasteiger partial charge < -0.3 is 15.3 Å². The average Bonchev–Trinajstić information content (AvgIpc) is 3.40. The van der Waals surface area contributed by atoms with E-state index >= 15 is 0 Å². The molecule has 162 valence electrons. The maximum absolute atomic E-state index is 12.5. The molecule has 7 heteroatoms. The average molecular weight is 420 g/mol. The summed E-state index contributed by atoms with van der Waals surface area (Å²) in [7, 11) is 0. The van der Waals surface area contributed by atoms with Crippen LogP contribution in [0.15, 0.2) is 42.7 Å². The molecule has 3 aromatic rings. The molecule has 2 aliphatic rings. The van der Waals surface area contributed by atoms with Crippen molar-refractivity contribution in [3.8, 4) is 0 Å². The van der Waals surface area contributed by atoms with E-state index in [1.807, 2.05) is 18.5 Å². The smallest absolute Gasteiger partial charge is 0.220 e. The molecule has 1 aliphatic carbocycles. The van der Waals surface area contributed by atoms with Crippen LogP contribution in [-0.2, 0) is 11.2 Å². The van der Waals surface area contributed by atoms with E-state index < -0.39 is 6.10 Å². The van der Waals surface area contributed by atoms with Gasteiger partial charge in [-0.2, -0.15) is 5.10 Å². The first-order valence-corrected chi connectivity index (χ1v) is 11.1. The molecule has 1 aromatic carbocycles. The molecular formula is C24H29N5O2. The van der Waals surface area contributed by atoms with E-state index in [4.69, 9.17) is 0 Å². The summed E-state index contributed by atoms with van der Waals surface area (Å²) in [5.41, 5.74) is 4.32. The van der Waals surface area contributed by atoms with Gasteiger partial charge in [-0.05, 0) is 49.7 Å². The summed E-state index contributed by atoms with van der Waals surface area (Å²) in [6.07, 6.45) is 5.85. The van der Waals surface area contributed by atoms with Gasteiger partial charge in [0.25, 0.3) is 0 Å². The summed E-state index contributed by atoms with van der Waals surface area (Å²) in [5, 5.41) is 21.9. The molecule has 0 bridgehead atoms. The Balaban J connectivity index is 1.19. The highest BCUT2D eigenvalue weighted by Gasteiger charge is 2.42. The molecule has 4 atom stereocenters. The third kappa shape index (κ3) is 4.14. The zero-order valence-corrected chi connectivity index (χ0v) is 17.8. The predicted molar refractivity (Wildman–Crippen MR) is 120 cm³/mol. The highest BCUT2D eigenvalue weighted by Crippen LogP contribution is 2.39. The number of hydrogen-bond donors (Lipinski definition) is 3. The normalized spacial score (nSPS) is 25.5. The van der Waals surface area contributed by atoms with Crippen LogP contribution < -0.4 is 10.2 Å². The SMILES string of the molecule is Cc1ccc(CCC(=O)N[C@H]2C[C@H]3CN(c4ccnc5[nH]ncc45)C[C@H]3C[C@@H]2O)cc1.